The van der Waals surface area contributed by atoms with Gasteiger partial charge in [-0.05, 0) is 31.4 Å². The SMILES string of the molecule is COC(OC)C(C)NC1CCc2sc(Cl)cc21. The summed E-state index contributed by atoms with van der Waals surface area (Å²) in [5.41, 5.74) is 1.35. The zero-order chi connectivity index (χ0) is 12.4. The molecule has 0 saturated carbocycles. The summed E-state index contributed by atoms with van der Waals surface area (Å²) >= 11 is 7.73. The number of fused-ring (bicyclic) bond motifs is 1. The van der Waals surface area contributed by atoms with Gasteiger partial charge < -0.3 is 14.8 Å². The van der Waals surface area contributed by atoms with Crippen LogP contribution >= 0.6 is 22.9 Å². The van der Waals surface area contributed by atoms with Crippen LogP contribution in [0.3, 0.4) is 0 Å². The molecule has 1 N–H and O–H groups in total. The van der Waals surface area contributed by atoms with E-state index in [0.29, 0.717) is 6.04 Å². The number of nitrogens with one attached hydrogen (secondary N) is 1. The second kappa shape index (κ2) is 5.67. The number of rotatable bonds is 5. The average molecular weight is 276 g/mol. The zero-order valence-corrected chi connectivity index (χ0v) is 11.9. The first kappa shape index (κ1) is 13.3. The Balaban J connectivity index is 2.01. The van der Waals surface area contributed by atoms with Crippen LogP contribution in [0, 0.1) is 0 Å². The Hall–Kier alpha value is -0.130. The molecule has 2 atom stereocenters. The number of thiophene rings is 1. The molecule has 0 amide bonds. The standard InChI is InChI=1S/C12H18ClNO2S/c1-7(12(15-2)16-3)14-9-4-5-10-8(9)6-11(13)17-10/h6-7,9,12,14H,4-5H2,1-3H3. The van der Waals surface area contributed by atoms with Crippen LogP contribution < -0.4 is 5.32 Å². The van der Waals surface area contributed by atoms with E-state index in [1.54, 1.807) is 25.6 Å². The quantitative estimate of drug-likeness (QED) is 0.838. The number of ether oxygens (including phenoxy) is 2. The summed E-state index contributed by atoms with van der Waals surface area (Å²) in [7, 11) is 3.32. The van der Waals surface area contributed by atoms with E-state index in [-0.39, 0.29) is 12.3 Å². The third kappa shape index (κ3) is 2.83. The lowest BCUT2D eigenvalue weighted by Crippen LogP contribution is -2.41. The Kier molecular flexibility index (Phi) is 4.44. The second-order valence-electron chi connectivity index (χ2n) is 4.32. The molecule has 3 nitrogen and oxygen atoms in total. The van der Waals surface area contributed by atoms with Crippen LogP contribution in [0.5, 0.6) is 0 Å². The highest BCUT2D eigenvalue weighted by molar-refractivity contribution is 7.16. The van der Waals surface area contributed by atoms with Gasteiger partial charge in [0.1, 0.15) is 0 Å². The normalized spacial score (nSPS) is 20.9. The molecule has 17 heavy (non-hydrogen) atoms. The van der Waals surface area contributed by atoms with Crippen LogP contribution in [0.1, 0.15) is 29.8 Å². The number of aryl methyl sites for hydroxylation is 1. The van der Waals surface area contributed by atoms with Gasteiger partial charge in [-0.1, -0.05) is 11.6 Å². The molecule has 0 spiro atoms. The molecule has 0 aliphatic heterocycles. The van der Waals surface area contributed by atoms with E-state index in [1.807, 2.05) is 0 Å². The van der Waals surface area contributed by atoms with Crippen LogP contribution in [0.4, 0.5) is 0 Å². The van der Waals surface area contributed by atoms with Crippen molar-refractivity contribution in [2.24, 2.45) is 0 Å². The highest BCUT2D eigenvalue weighted by atomic mass is 35.5. The molecule has 2 rings (SSSR count). The van der Waals surface area contributed by atoms with Crippen molar-refractivity contribution in [2.45, 2.75) is 38.1 Å². The van der Waals surface area contributed by atoms with E-state index < -0.39 is 0 Å². The van der Waals surface area contributed by atoms with E-state index >= 15 is 0 Å². The molecule has 1 aromatic heterocycles. The molecule has 0 radical (unpaired) electrons. The van der Waals surface area contributed by atoms with Crippen LogP contribution in [-0.2, 0) is 15.9 Å². The van der Waals surface area contributed by atoms with Gasteiger partial charge in [0, 0.05) is 25.1 Å². The van der Waals surface area contributed by atoms with Crippen molar-refractivity contribution in [3.63, 3.8) is 0 Å². The van der Waals surface area contributed by atoms with E-state index in [4.69, 9.17) is 21.1 Å². The first-order chi connectivity index (χ1) is 8.15. The van der Waals surface area contributed by atoms with Crippen LogP contribution in [0.25, 0.3) is 0 Å². The maximum atomic E-state index is 6.04. The topological polar surface area (TPSA) is 30.5 Å². The molecule has 0 aromatic carbocycles. The van der Waals surface area contributed by atoms with Crippen molar-refractivity contribution in [3.8, 4) is 0 Å². The van der Waals surface area contributed by atoms with Gasteiger partial charge in [-0.25, -0.2) is 0 Å². The van der Waals surface area contributed by atoms with Gasteiger partial charge in [-0.15, -0.1) is 11.3 Å². The van der Waals surface area contributed by atoms with Crippen molar-refractivity contribution in [2.75, 3.05) is 14.2 Å². The fourth-order valence-corrected chi connectivity index (χ4v) is 3.76. The van der Waals surface area contributed by atoms with E-state index in [2.05, 4.69) is 18.3 Å². The summed E-state index contributed by atoms with van der Waals surface area (Å²) in [6, 6.07) is 2.60. The number of methoxy groups -OCH3 is 2. The van der Waals surface area contributed by atoms with Crippen LogP contribution in [0.2, 0.25) is 4.34 Å². The molecular formula is C12H18ClNO2S. The largest absolute Gasteiger partial charge is 0.354 e. The van der Waals surface area contributed by atoms with Crippen molar-refractivity contribution >= 4 is 22.9 Å². The summed E-state index contributed by atoms with van der Waals surface area (Å²) < 4.78 is 11.4. The number of hydrogen-bond donors (Lipinski definition) is 1. The third-order valence-electron chi connectivity index (χ3n) is 3.18. The van der Waals surface area contributed by atoms with Gasteiger partial charge >= 0.3 is 0 Å². The molecule has 5 heteroatoms. The Labute approximate surface area is 111 Å². The molecule has 1 aliphatic rings. The van der Waals surface area contributed by atoms with Crippen molar-refractivity contribution in [3.05, 3.63) is 20.8 Å². The smallest absolute Gasteiger partial charge is 0.171 e. The van der Waals surface area contributed by atoms with Crippen LogP contribution in [0.15, 0.2) is 6.07 Å². The Morgan fingerprint density at radius 2 is 2.18 bits per heavy atom. The Bertz CT molecular complexity index is 379. The molecule has 0 saturated heterocycles. The van der Waals surface area contributed by atoms with Crippen molar-refractivity contribution in [1.29, 1.82) is 0 Å². The third-order valence-corrected chi connectivity index (χ3v) is 4.52. The molecule has 1 heterocycles. The minimum Gasteiger partial charge on any atom is -0.354 e. The predicted molar refractivity (Wildman–Crippen MR) is 70.8 cm³/mol. The molecule has 1 aromatic rings. The minimum atomic E-state index is -0.215. The van der Waals surface area contributed by atoms with Crippen LogP contribution in [-0.4, -0.2) is 26.6 Å². The maximum absolute atomic E-state index is 6.04. The van der Waals surface area contributed by atoms with Crippen molar-refractivity contribution < 1.29 is 9.47 Å². The Morgan fingerprint density at radius 1 is 1.47 bits per heavy atom. The fraction of sp³-hybridized carbons (Fsp3) is 0.667. The number of halogens is 1. The lowest BCUT2D eigenvalue weighted by atomic mass is 10.1. The molecule has 0 fully saturated rings. The summed E-state index contributed by atoms with van der Waals surface area (Å²) in [4.78, 5) is 1.41. The zero-order valence-electron chi connectivity index (χ0n) is 10.3. The van der Waals surface area contributed by atoms with Gasteiger partial charge in [-0.3, -0.25) is 0 Å². The van der Waals surface area contributed by atoms with Crippen molar-refractivity contribution in [1.82, 2.24) is 5.32 Å². The monoisotopic (exact) mass is 275 g/mol. The van der Waals surface area contributed by atoms with E-state index in [1.165, 1.54) is 10.4 Å². The average Bonchev–Trinajstić information content (AvgIpc) is 2.81. The first-order valence-electron chi connectivity index (χ1n) is 5.75. The summed E-state index contributed by atoms with van der Waals surface area (Å²) in [6.45, 7) is 2.07. The van der Waals surface area contributed by atoms with Gasteiger partial charge in [0.15, 0.2) is 6.29 Å². The van der Waals surface area contributed by atoms with Gasteiger partial charge in [-0.2, -0.15) is 0 Å². The molecular weight excluding hydrogens is 258 g/mol. The predicted octanol–water partition coefficient (Wildman–Crippen LogP) is 2.99. The minimum absolute atomic E-state index is 0.152. The van der Waals surface area contributed by atoms with E-state index in [0.717, 1.165) is 17.2 Å². The summed E-state index contributed by atoms with van der Waals surface area (Å²) in [5.74, 6) is 0. The molecule has 1 aliphatic carbocycles. The van der Waals surface area contributed by atoms with Gasteiger partial charge in [0.05, 0.1) is 10.4 Å². The lowest BCUT2D eigenvalue weighted by Gasteiger charge is -2.25. The Morgan fingerprint density at radius 3 is 2.82 bits per heavy atom. The van der Waals surface area contributed by atoms with Gasteiger partial charge in [0.25, 0.3) is 0 Å². The van der Waals surface area contributed by atoms with E-state index in [9.17, 15) is 0 Å². The molecule has 2 unspecified atom stereocenters. The number of hydrogen-bond acceptors (Lipinski definition) is 4. The second-order valence-corrected chi connectivity index (χ2v) is 6.08. The first-order valence-corrected chi connectivity index (χ1v) is 6.95. The highest BCUT2D eigenvalue weighted by Gasteiger charge is 2.28. The summed E-state index contributed by atoms with van der Waals surface area (Å²) in [6.07, 6.45) is 2.03. The lowest BCUT2D eigenvalue weighted by molar-refractivity contribution is -0.121. The van der Waals surface area contributed by atoms with Gasteiger partial charge in [0.2, 0.25) is 0 Å². The fourth-order valence-electron chi connectivity index (χ4n) is 2.40. The highest BCUT2D eigenvalue weighted by Crippen LogP contribution is 2.39. The molecule has 96 valence electrons. The maximum Gasteiger partial charge on any atom is 0.171 e. The summed E-state index contributed by atoms with van der Waals surface area (Å²) in [5, 5.41) is 3.55. The molecule has 0 bridgehead atoms.